The summed E-state index contributed by atoms with van der Waals surface area (Å²) in [6.07, 6.45) is 48.6. The van der Waals surface area contributed by atoms with Gasteiger partial charge in [-0.1, -0.05) is 318 Å². The Balaban J connectivity index is 5.21. The molecule has 0 fully saturated rings. The molecule has 6 atom stereocenters. The average Bonchev–Trinajstić information content (AvgIpc) is 1.72. The Labute approximate surface area is 562 Å². The summed E-state index contributed by atoms with van der Waals surface area (Å²) < 4.78 is 68.3. The Morgan fingerprint density at radius 1 is 0.315 bits per heavy atom. The Morgan fingerprint density at radius 3 is 0.826 bits per heavy atom. The van der Waals surface area contributed by atoms with Gasteiger partial charge in [0.1, 0.15) is 19.3 Å². The van der Waals surface area contributed by atoms with E-state index >= 15 is 0 Å². The maximum absolute atomic E-state index is 13.1. The van der Waals surface area contributed by atoms with Crippen LogP contribution in [0.1, 0.15) is 370 Å². The topological polar surface area (TPSA) is 237 Å². The lowest BCUT2D eigenvalue weighted by Crippen LogP contribution is -2.30. The van der Waals surface area contributed by atoms with Crippen LogP contribution < -0.4 is 0 Å². The first-order chi connectivity index (χ1) is 44.3. The second kappa shape index (κ2) is 63.8. The van der Waals surface area contributed by atoms with Crippen molar-refractivity contribution in [2.24, 2.45) is 17.8 Å². The van der Waals surface area contributed by atoms with Crippen LogP contribution in [-0.2, 0) is 65.4 Å². The van der Waals surface area contributed by atoms with E-state index in [0.717, 1.165) is 102 Å². The molecular weight excluding hydrogens is 1210 g/mol. The van der Waals surface area contributed by atoms with Crippen molar-refractivity contribution in [2.75, 3.05) is 39.6 Å². The number of aliphatic hydroxyl groups is 1. The van der Waals surface area contributed by atoms with Gasteiger partial charge in [-0.2, -0.15) is 0 Å². The third-order valence-corrected chi connectivity index (χ3v) is 19.1. The van der Waals surface area contributed by atoms with E-state index in [2.05, 4.69) is 48.5 Å². The molecule has 0 aromatic heterocycles. The quantitative estimate of drug-likeness (QED) is 0.0222. The van der Waals surface area contributed by atoms with Gasteiger partial charge in [-0.05, 0) is 43.4 Å². The third-order valence-electron chi connectivity index (χ3n) is 17.2. The Morgan fingerprint density at radius 2 is 0.554 bits per heavy atom. The highest BCUT2D eigenvalue weighted by atomic mass is 31.2. The molecule has 0 aromatic carbocycles. The number of phosphoric acid groups is 2. The van der Waals surface area contributed by atoms with Crippen LogP contribution in [0.3, 0.4) is 0 Å². The van der Waals surface area contributed by atoms with E-state index in [0.29, 0.717) is 31.6 Å². The second-order valence-corrected chi connectivity index (χ2v) is 30.4. The van der Waals surface area contributed by atoms with E-state index in [4.69, 9.17) is 37.0 Å². The Bertz CT molecular complexity index is 1800. The van der Waals surface area contributed by atoms with Crippen molar-refractivity contribution in [2.45, 2.75) is 388 Å². The number of hydrogen-bond acceptors (Lipinski definition) is 15. The van der Waals surface area contributed by atoms with Crippen LogP contribution in [0.2, 0.25) is 0 Å². The summed E-state index contributed by atoms with van der Waals surface area (Å²) in [5.74, 6) is 0.189. The van der Waals surface area contributed by atoms with Crippen LogP contribution in [-0.4, -0.2) is 96.7 Å². The van der Waals surface area contributed by atoms with E-state index in [9.17, 15) is 43.2 Å². The van der Waals surface area contributed by atoms with E-state index in [1.165, 1.54) is 180 Å². The highest BCUT2D eigenvalue weighted by Gasteiger charge is 2.30. The zero-order valence-electron chi connectivity index (χ0n) is 60.0. The van der Waals surface area contributed by atoms with Crippen LogP contribution in [0.4, 0.5) is 0 Å². The van der Waals surface area contributed by atoms with Gasteiger partial charge in [-0.25, -0.2) is 9.13 Å². The van der Waals surface area contributed by atoms with Gasteiger partial charge in [-0.3, -0.25) is 37.3 Å². The van der Waals surface area contributed by atoms with Gasteiger partial charge in [0.05, 0.1) is 26.4 Å². The Kier molecular flexibility index (Phi) is 62.4. The fourth-order valence-corrected chi connectivity index (χ4v) is 12.6. The first-order valence-electron chi connectivity index (χ1n) is 37.9. The zero-order valence-corrected chi connectivity index (χ0v) is 61.8. The molecule has 0 radical (unpaired) electrons. The predicted molar refractivity (Wildman–Crippen MR) is 372 cm³/mol. The molecule has 0 heterocycles. The molecule has 92 heavy (non-hydrogen) atoms. The molecule has 0 bridgehead atoms. The molecule has 0 aliphatic carbocycles. The zero-order chi connectivity index (χ0) is 68.0. The van der Waals surface area contributed by atoms with Crippen molar-refractivity contribution in [3.05, 3.63) is 0 Å². The van der Waals surface area contributed by atoms with Crippen LogP contribution >= 0.6 is 15.6 Å². The van der Waals surface area contributed by atoms with Crippen LogP contribution in [0.5, 0.6) is 0 Å². The lowest BCUT2D eigenvalue weighted by Gasteiger charge is -2.21. The summed E-state index contributed by atoms with van der Waals surface area (Å²) in [6, 6.07) is 0. The van der Waals surface area contributed by atoms with Crippen LogP contribution in [0, 0.1) is 17.8 Å². The number of aliphatic hydroxyl groups excluding tert-OH is 1. The van der Waals surface area contributed by atoms with Crippen molar-refractivity contribution in [1.82, 2.24) is 0 Å². The minimum Gasteiger partial charge on any atom is -0.462 e. The minimum absolute atomic E-state index is 0.103. The standard InChI is InChI=1S/C73H142O17P2/c1-8-10-11-12-13-24-33-40-47-54-70(75)83-61-69(90-73(78)57-50-43-36-29-31-38-45-52-65(5)6)63-88-92(81,82)86-59-67(74)58-85-91(79,80)87-62-68(60-84-71(76)55-48-41-34-27-23-22-26-32-39-46-53-66(7)9-2)89-72(77)56-49-42-35-28-21-19-17-15-14-16-18-20-25-30-37-44-51-64(3)4/h64-69,74H,8-63H2,1-7H3,(H,79,80)(H,81,82)/t66?,67-,68-,69-/m1/s1. The monoisotopic (exact) mass is 1350 g/mol. The number of phosphoric ester groups is 2. The number of carbonyl (C=O) groups is 4. The fraction of sp³-hybridized carbons (Fsp3) is 0.945. The summed E-state index contributed by atoms with van der Waals surface area (Å²) in [4.78, 5) is 72.6. The molecule has 0 aromatic rings. The number of unbranched alkanes of at least 4 members (excludes halogenated alkanes) is 38. The Hall–Kier alpha value is -1.94. The highest BCUT2D eigenvalue weighted by Crippen LogP contribution is 2.45. The first kappa shape index (κ1) is 90.1. The van der Waals surface area contributed by atoms with Gasteiger partial charge in [0, 0.05) is 25.7 Å². The van der Waals surface area contributed by atoms with Crippen LogP contribution in [0.25, 0.3) is 0 Å². The molecule has 0 spiro atoms. The maximum atomic E-state index is 13.1. The largest absolute Gasteiger partial charge is 0.472 e. The van der Waals surface area contributed by atoms with Gasteiger partial charge in [0.25, 0.3) is 0 Å². The summed E-state index contributed by atoms with van der Waals surface area (Å²) in [6.45, 7) is 11.9. The lowest BCUT2D eigenvalue weighted by molar-refractivity contribution is -0.161. The maximum Gasteiger partial charge on any atom is 0.472 e. The normalized spacial score (nSPS) is 14.4. The van der Waals surface area contributed by atoms with Gasteiger partial charge in [-0.15, -0.1) is 0 Å². The van der Waals surface area contributed by atoms with Gasteiger partial charge in [0.15, 0.2) is 12.2 Å². The molecule has 0 aliphatic heterocycles. The van der Waals surface area contributed by atoms with Gasteiger partial charge >= 0.3 is 39.5 Å². The van der Waals surface area contributed by atoms with Crippen molar-refractivity contribution in [3.63, 3.8) is 0 Å². The number of rotatable bonds is 71. The molecule has 3 N–H and O–H groups in total. The third kappa shape index (κ3) is 65.4. The first-order valence-corrected chi connectivity index (χ1v) is 40.9. The molecule has 17 nitrogen and oxygen atoms in total. The molecule has 0 rings (SSSR count). The van der Waals surface area contributed by atoms with E-state index < -0.39 is 97.5 Å². The predicted octanol–water partition coefficient (Wildman–Crippen LogP) is 21.0. The SMILES string of the molecule is CCCCCCCCCCCC(=O)OC[C@H](COP(=O)(O)OC[C@H](O)COP(=O)(O)OC[C@@H](COC(=O)CCCCCCCCCCCCC(C)CC)OC(=O)CCCCCCCCCCCCCCCCCCC(C)C)OC(=O)CCCCCCCCCC(C)C. The van der Waals surface area contributed by atoms with Crippen molar-refractivity contribution >= 4 is 39.5 Å². The molecule has 0 saturated heterocycles. The molecule has 19 heteroatoms. The van der Waals surface area contributed by atoms with Crippen LogP contribution in [0.15, 0.2) is 0 Å². The molecule has 546 valence electrons. The van der Waals surface area contributed by atoms with Gasteiger partial charge < -0.3 is 33.8 Å². The molecule has 0 amide bonds. The van der Waals surface area contributed by atoms with E-state index in [1.807, 2.05) is 0 Å². The van der Waals surface area contributed by atoms with Crippen molar-refractivity contribution < 1.29 is 80.2 Å². The number of esters is 4. The number of carbonyl (C=O) groups excluding carboxylic acids is 4. The van der Waals surface area contributed by atoms with Crippen molar-refractivity contribution in [1.29, 1.82) is 0 Å². The molecule has 0 saturated carbocycles. The molecule has 0 aliphatic rings. The van der Waals surface area contributed by atoms with E-state index in [-0.39, 0.29) is 25.7 Å². The van der Waals surface area contributed by atoms with E-state index in [1.54, 1.807) is 0 Å². The molecular formula is C73H142O17P2. The highest BCUT2D eigenvalue weighted by molar-refractivity contribution is 7.47. The average molecular weight is 1350 g/mol. The smallest absolute Gasteiger partial charge is 0.462 e. The fourth-order valence-electron chi connectivity index (χ4n) is 11.0. The summed E-state index contributed by atoms with van der Waals surface area (Å²) in [7, 11) is -9.90. The summed E-state index contributed by atoms with van der Waals surface area (Å²) >= 11 is 0. The van der Waals surface area contributed by atoms with Crippen molar-refractivity contribution in [3.8, 4) is 0 Å². The van der Waals surface area contributed by atoms with Gasteiger partial charge in [0.2, 0.25) is 0 Å². The summed E-state index contributed by atoms with van der Waals surface area (Å²) in [5, 5.41) is 10.6. The summed E-state index contributed by atoms with van der Waals surface area (Å²) in [5.41, 5.74) is 0. The molecule has 3 unspecified atom stereocenters. The minimum atomic E-state index is -4.96. The number of ether oxygens (including phenoxy) is 4. The second-order valence-electron chi connectivity index (χ2n) is 27.5. The lowest BCUT2D eigenvalue weighted by atomic mass is 9.99. The number of hydrogen-bond donors (Lipinski definition) is 3.